The second-order valence-corrected chi connectivity index (χ2v) is 17.8. The first kappa shape index (κ1) is 37.3. The van der Waals surface area contributed by atoms with E-state index in [2.05, 4.69) is 229 Å². The van der Waals surface area contributed by atoms with Crippen molar-refractivity contribution in [1.29, 1.82) is 0 Å². The maximum Gasteiger partial charge on any atom is 0.136 e. The summed E-state index contributed by atoms with van der Waals surface area (Å²) in [6, 6.07) is 86.1. The molecular weight excluding hydrogens is 807 g/mol. The number of hydrogen-bond acceptors (Lipinski definition) is 3. The Balaban J connectivity index is 1.02. The second-order valence-electron chi connectivity index (χ2n) is 16.8. The van der Waals surface area contributed by atoms with Gasteiger partial charge in [-0.3, -0.25) is 0 Å². The molecule has 0 aliphatic heterocycles. The Morgan fingerprint density at radius 3 is 1.57 bits per heavy atom. The van der Waals surface area contributed by atoms with E-state index in [0.717, 1.165) is 55.7 Å². The van der Waals surface area contributed by atoms with Crippen molar-refractivity contribution >= 4 is 92.1 Å². The van der Waals surface area contributed by atoms with Gasteiger partial charge in [-0.1, -0.05) is 188 Å². The molecule has 0 saturated carbocycles. The van der Waals surface area contributed by atoms with E-state index < -0.39 is 0 Å². The number of fused-ring (bicyclic) bond motifs is 9. The lowest BCUT2D eigenvalue weighted by Crippen LogP contribution is -2.12. The van der Waals surface area contributed by atoms with Crippen molar-refractivity contribution in [3.05, 3.63) is 237 Å². The Morgan fingerprint density at radius 1 is 0.308 bits per heavy atom. The molecule has 0 aliphatic rings. The molecule has 0 fully saturated rings. The third kappa shape index (κ3) is 6.24. The molecule has 11 aromatic carbocycles. The minimum absolute atomic E-state index is 0.895. The van der Waals surface area contributed by atoms with Crippen LogP contribution in [0.5, 0.6) is 0 Å². The highest BCUT2D eigenvalue weighted by molar-refractivity contribution is 7.26. The Morgan fingerprint density at radius 2 is 0.815 bits per heavy atom. The average molecular weight is 846 g/mol. The normalized spacial score (nSPS) is 11.7. The molecule has 0 unspecified atom stereocenters. The van der Waals surface area contributed by atoms with Gasteiger partial charge in [0.2, 0.25) is 0 Å². The molecule has 2 aromatic heterocycles. The van der Waals surface area contributed by atoms with E-state index in [1.54, 1.807) is 0 Å². The smallest absolute Gasteiger partial charge is 0.136 e. The number of nitrogens with zero attached hydrogens (tertiary/aromatic N) is 1. The predicted molar refractivity (Wildman–Crippen MR) is 278 cm³/mol. The van der Waals surface area contributed by atoms with E-state index in [0.29, 0.717) is 0 Å². The van der Waals surface area contributed by atoms with E-state index in [1.165, 1.54) is 69.5 Å². The summed E-state index contributed by atoms with van der Waals surface area (Å²) in [6.45, 7) is 0. The molecule has 3 heteroatoms. The van der Waals surface area contributed by atoms with Crippen LogP contribution in [0.15, 0.2) is 241 Å². The van der Waals surface area contributed by atoms with Crippen LogP contribution in [0.1, 0.15) is 0 Å². The minimum atomic E-state index is 0.895. The quantitative estimate of drug-likeness (QED) is 0.149. The molecule has 0 amide bonds. The van der Waals surface area contributed by atoms with Crippen LogP contribution >= 0.6 is 11.3 Å². The van der Waals surface area contributed by atoms with Gasteiger partial charge in [-0.25, -0.2) is 0 Å². The van der Waals surface area contributed by atoms with Crippen molar-refractivity contribution in [3.63, 3.8) is 0 Å². The van der Waals surface area contributed by atoms with Gasteiger partial charge in [0.05, 0.1) is 5.69 Å². The van der Waals surface area contributed by atoms with Gasteiger partial charge in [-0.05, 0) is 104 Å². The van der Waals surface area contributed by atoms with E-state index >= 15 is 0 Å². The van der Waals surface area contributed by atoms with Crippen molar-refractivity contribution in [3.8, 4) is 44.5 Å². The topological polar surface area (TPSA) is 16.4 Å². The zero-order valence-corrected chi connectivity index (χ0v) is 36.1. The van der Waals surface area contributed by atoms with Crippen LogP contribution in [0.4, 0.5) is 17.1 Å². The summed E-state index contributed by atoms with van der Waals surface area (Å²) in [5.41, 5.74) is 14.5. The van der Waals surface area contributed by atoms with E-state index in [4.69, 9.17) is 4.42 Å². The molecule has 0 spiro atoms. The highest BCUT2D eigenvalue weighted by Gasteiger charge is 2.24. The number of rotatable bonds is 7. The van der Waals surface area contributed by atoms with Gasteiger partial charge in [0.1, 0.15) is 11.2 Å². The molecular formula is C62H39NOS. The summed E-state index contributed by atoms with van der Waals surface area (Å²) in [5, 5.41) is 9.74. The first-order valence-corrected chi connectivity index (χ1v) is 23.0. The summed E-state index contributed by atoms with van der Waals surface area (Å²) >= 11 is 1.87. The van der Waals surface area contributed by atoms with Crippen molar-refractivity contribution in [1.82, 2.24) is 0 Å². The second kappa shape index (κ2) is 15.2. The van der Waals surface area contributed by atoms with E-state index in [1.807, 2.05) is 23.5 Å². The fourth-order valence-electron chi connectivity index (χ4n) is 9.99. The Bertz CT molecular complexity index is 3920. The molecule has 2 nitrogen and oxygen atoms in total. The molecule has 65 heavy (non-hydrogen) atoms. The lowest BCUT2D eigenvalue weighted by molar-refractivity contribution is 0.669. The van der Waals surface area contributed by atoms with Crippen LogP contribution in [0.25, 0.3) is 108 Å². The number of benzene rings is 11. The van der Waals surface area contributed by atoms with Gasteiger partial charge >= 0.3 is 0 Å². The largest absolute Gasteiger partial charge is 0.456 e. The maximum atomic E-state index is 6.33. The highest BCUT2D eigenvalue weighted by Crippen LogP contribution is 2.50. The minimum Gasteiger partial charge on any atom is -0.456 e. The molecule has 0 aliphatic carbocycles. The van der Waals surface area contributed by atoms with Crippen molar-refractivity contribution < 1.29 is 4.42 Å². The first-order valence-electron chi connectivity index (χ1n) is 22.2. The number of anilines is 3. The third-order valence-corrected chi connectivity index (χ3v) is 14.3. The highest BCUT2D eigenvalue weighted by atomic mass is 32.1. The molecule has 0 radical (unpaired) electrons. The standard InChI is InChI=1S/C62H39NOS/c1-2-13-40(14-3-1)41-25-27-44(28-26-41)60-54-19-6-4-15-49(54)50-16-5-7-20-55(50)61(60)63(46-34-29-42(30-35-46)45-33-38-52-51-17-8-10-23-57(51)64-58(52)39-45)47-36-31-43(32-37-47)48-21-12-22-56-53-18-9-11-24-59(53)65-62(48)56/h1-39H. The molecule has 304 valence electrons. The van der Waals surface area contributed by atoms with Gasteiger partial charge < -0.3 is 9.32 Å². The summed E-state index contributed by atoms with van der Waals surface area (Å²) in [5.74, 6) is 0. The zero-order chi connectivity index (χ0) is 42.8. The Labute approximate surface area is 380 Å². The Hall–Kier alpha value is -8.24. The molecule has 13 rings (SSSR count). The Kier molecular flexibility index (Phi) is 8.75. The summed E-state index contributed by atoms with van der Waals surface area (Å²) < 4.78 is 8.96. The van der Waals surface area contributed by atoms with Crippen LogP contribution in [0.2, 0.25) is 0 Å². The fourth-order valence-corrected chi connectivity index (χ4v) is 11.2. The van der Waals surface area contributed by atoms with Gasteiger partial charge in [-0.2, -0.15) is 0 Å². The van der Waals surface area contributed by atoms with Gasteiger partial charge in [0.25, 0.3) is 0 Å². The van der Waals surface area contributed by atoms with Crippen molar-refractivity contribution in [2.24, 2.45) is 0 Å². The summed E-state index contributed by atoms with van der Waals surface area (Å²) in [4.78, 5) is 2.48. The van der Waals surface area contributed by atoms with Gasteiger partial charge in [-0.15, -0.1) is 11.3 Å². The molecule has 0 bridgehead atoms. The molecule has 2 heterocycles. The number of hydrogen-bond donors (Lipinski definition) is 0. The zero-order valence-electron chi connectivity index (χ0n) is 35.3. The summed E-state index contributed by atoms with van der Waals surface area (Å²) in [6.07, 6.45) is 0. The van der Waals surface area contributed by atoms with Crippen LogP contribution in [-0.4, -0.2) is 0 Å². The van der Waals surface area contributed by atoms with E-state index in [-0.39, 0.29) is 0 Å². The fraction of sp³-hybridized carbons (Fsp3) is 0. The van der Waals surface area contributed by atoms with Crippen LogP contribution < -0.4 is 4.90 Å². The van der Waals surface area contributed by atoms with Crippen LogP contribution in [0.3, 0.4) is 0 Å². The molecule has 0 N–H and O–H groups in total. The maximum absolute atomic E-state index is 6.33. The lowest BCUT2D eigenvalue weighted by atomic mass is 9.89. The monoisotopic (exact) mass is 845 g/mol. The molecule has 0 atom stereocenters. The SMILES string of the molecule is c1ccc(-c2ccc(-c3c(N(c4ccc(-c5ccc6c(c5)oc5ccccc56)cc4)c4ccc(-c5cccc6c5sc5ccccc56)cc4)c4ccccc4c4ccccc34)cc2)cc1. The number of thiophene rings is 1. The van der Waals surface area contributed by atoms with Crippen molar-refractivity contribution in [2.45, 2.75) is 0 Å². The number of furan rings is 1. The van der Waals surface area contributed by atoms with Crippen LogP contribution in [0, 0.1) is 0 Å². The molecule has 0 saturated heterocycles. The van der Waals surface area contributed by atoms with Gasteiger partial charge in [0.15, 0.2) is 0 Å². The van der Waals surface area contributed by atoms with Gasteiger partial charge in [0, 0.05) is 53.3 Å². The van der Waals surface area contributed by atoms with Crippen molar-refractivity contribution in [2.75, 3.05) is 4.90 Å². The van der Waals surface area contributed by atoms with Crippen LogP contribution in [-0.2, 0) is 0 Å². The first-order chi connectivity index (χ1) is 32.2. The number of para-hydroxylation sites is 1. The lowest BCUT2D eigenvalue weighted by Gasteiger charge is -2.31. The third-order valence-electron chi connectivity index (χ3n) is 13.1. The molecule has 13 aromatic rings. The average Bonchev–Trinajstić information content (AvgIpc) is 3.96. The van der Waals surface area contributed by atoms with E-state index in [9.17, 15) is 0 Å². The predicted octanol–water partition coefficient (Wildman–Crippen LogP) is 18.4. The summed E-state index contributed by atoms with van der Waals surface area (Å²) in [7, 11) is 0.